The van der Waals surface area contributed by atoms with E-state index in [0.29, 0.717) is 17.5 Å². The van der Waals surface area contributed by atoms with E-state index in [1.807, 2.05) is 72.8 Å². The maximum absolute atomic E-state index is 5.36. The van der Waals surface area contributed by atoms with Gasteiger partial charge < -0.3 is 0 Å². The molecule has 1 aliphatic carbocycles. The predicted octanol–water partition coefficient (Wildman–Crippen LogP) is 10.7. The fraction of sp³-hybridized carbons (Fsp3) is 0.0213. The number of rotatable bonds is 6. The van der Waals surface area contributed by atoms with Crippen LogP contribution >= 0.6 is 0 Å². The first kappa shape index (κ1) is 29.9. The minimum Gasteiger partial charge on any atom is -0.295 e. The smallest absolute Gasteiger partial charge is 0.164 e. The van der Waals surface area contributed by atoms with Gasteiger partial charge in [-0.3, -0.25) is 4.57 Å². The van der Waals surface area contributed by atoms with Gasteiger partial charge in [0.2, 0.25) is 0 Å². The molecule has 5 heteroatoms. The number of fused-ring (bicyclic) bond motifs is 9. The molecule has 0 bridgehead atoms. The quantitative estimate of drug-likeness (QED) is 0.177. The van der Waals surface area contributed by atoms with Crippen molar-refractivity contribution in [2.75, 3.05) is 0 Å². The number of imidazole rings is 1. The van der Waals surface area contributed by atoms with Crippen molar-refractivity contribution in [3.05, 3.63) is 205 Å². The van der Waals surface area contributed by atoms with Gasteiger partial charge >= 0.3 is 0 Å². The Kier molecular flexibility index (Phi) is 6.63. The van der Waals surface area contributed by atoms with Crippen LogP contribution in [0.15, 0.2) is 183 Å². The first-order chi connectivity index (χ1) is 25.7. The fourth-order valence-corrected chi connectivity index (χ4v) is 8.27. The van der Waals surface area contributed by atoms with Crippen LogP contribution in [0.3, 0.4) is 0 Å². The third-order valence-corrected chi connectivity index (χ3v) is 10.4. The van der Waals surface area contributed by atoms with Crippen molar-refractivity contribution >= 4 is 16.6 Å². The highest BCUT2D eigenvalue weighted by atomic mass is 15.1. The fourth-order valence-electron chi connectivity index (χ4n) is 8.27. The summed E-state index contributed by atoms with van der Waals surface area (Å²) < 4.78 is 2.33. The Labute approximate surface area is 301 Å². The van der Waals surface area contributed by atoms with E-state index in [2.05, 4.69) is 109 Å². The van der Waals surface area contributed by atoms with Gasteiger partial charge in [0.05, 0.1) is 16.7 Å². The second-order valence-corrected chi connectivity index (χ2v) is 13.1. The summed E-state index contributed by atoms with van der Waals surface area (Å²) in [4.78, 5) is 20.3. The van der Waals surface area contributed by atoms with Crippen molar-refractivity contribution in [2.24, 2.45) is 0 Å². The van der Waals surface area contributed by atoms with Crippen molar-refractivity contribution in [1.29, 1.82) is 0 Å². The molecule has 0 radical (unpaired) electrons. The van der Waals surface area contributed by atoms with Crippen LogP contribution in [0, 0.1) is 0 Å². The molecule has 1 unspecified atom stereocenters. The number of benzene rings is 6. The van der Waals surface area contributed by atoms with Gasteiger partial charge in [-0.1, -0.05) is 153 Å². The highest BCUT2D eigenvalue weighted by molar-refractivity contribution is 5.99. The lowest BCUT2D eigenvalue weighted by Gasteiger charge is -2.28. The summed E-state index contributed by atoms with van der Waals surface area (Å²) in [5.41, 5.74) is 13.1. The number of allylic oxidation sites excluding steroid dienone is 4. The van der Waals surface area contributed by atoms with Gasteiger partial charge in [-0.2, -0.15) is 0 Å². The minimum atomic E-state index is -0.660. The van der Waals surface area contributed by atoms with Gasteiger partial charge in [0.15, 0.2) is 17.5 Å². The second kappa shape index (κ2) is 11.5. The monoisotopic (exact) mass is 665 g/mol. The Balaban J connectivity index is 1.20. The molecule has 2 aromatic heterocycles. The Bertz CT molecular complexity index is 2720. The second-order valence-electron chi connectivity index (χ2n) is 13.1. The molecule has 5 nitrogen and oxygen atoms in total. The zero-order valence-corrected chi connectivity index (χ0v) is 28.2. The van der Waals surface area contributed by atoms with Crippen LogP contribution in [-0.2, 0) is 5.41 Å². The number of nitrogens with zero attached hydrogens (tertiary/aromatic N) is 5. The number of para-hydroxylation sites is 3. The molecule has 1 spiro atoms. The van der Waals surface area contributed by atoms with Crippen molar-refractivity contribution in [3.63, 3.8) is 0 Å². The average molecular weight is 666 g/mol. The van der Waals surface area contributed by atoms with Gasteiger partial charge in [0.1, 0.15) is 11.2 Å². The Morgan fingerprint density at radius 3 is 1.79 bits per heavy atom. The molecule has 0 N–H and O–H groups in total. The molecular weight excluding hydrogens is 635 g/mol. The maximum Gasteiger partial charge on any atom is 0.164 e. The summed E-state index contributed by atoms with van der Waals surface area (Å²) >= 11 is 0. The molecule has 52 heavy (non-hydrogen) atoms. The van der Waals surface area contributed by atoms with Crippen LogP contribution in [0.4, 0.5) is 0 Å². The van der Waals surface area contributed by atoms with E-state index in [1.54, 1.807) is 0 Å². The molecule has 0 saturated heterocycles. The summed E-state index contributed by atoms with van der Waals surface area (Å²) in [5, 5.41) is 0. The van der Waals surface area contributed by atoms with Crippen LogP contribution in [0.2, 0.25) is 0 Å². The number of aromatic nitrogens is 5. The number of hydrogen-bond donors (Lipinski definition) is 0. The normalized spacial score (nSPS) is 15.5. The molecule has 0 saturated carbocycles. The molecule has 0 amide bonds. The largest absolute Gasteiger partial charge is 0.295 e. The summed E-state index contributed by atoms with van der Waals surface area (Å²) in [6.45, 7) is 8.77. The summed E-state index contributed by atoms with van der Waals surface area (Å²) in [5.74, 6) is 2.85. The van der Waals surface area contributed by atoms with Gasteiger partial charge in [-0.05, 0) is 63.2 Å². The number of hydrogen-bond acceptors (Lipinski definition) is 4. The molecule has 244 valence electrons. The van der Waals surface area contributed by atoms with Gasteiger partial charge in [0, 0.05) is 16.7 Å². The standard InChI is InChI=1S/C47H31N5/c1-3-34-36(4-2)47(37-24-11-13-27-40(37)52-41-28-14-12-26-39(41)48-46(47)52)38-25-16-23-35(42(34)38)32-21-15-22-33(29-32)45-50-43(30-17-7-5-8-18-30)49-44(51-45)31-19-9-6-10-20-31/h3-29H,1-2H2. The topological polar surface area (TPSA) is 56.5 Å². The lowest BCUT2D eigenvalue weighted by Crippen LogP contribution is -2.28. The Hall–Kier alpha value is -6.98. The van der Waals surface area contributed by atoms with E-state index in [1.165, 1.54) is 11.1 Å². The lowest BCUT2D eigenvalue weighted by molar-refractivity contribution is 0.732. The SMILES string of the molecule is C=CC1=C(C=C)C2(c3ccccc3-n3c2nc2ccccc23)c2cccc(-c3cccc(-c4nc(-c5ccccc5)nc(-c5ccccc5)n4)c3)c21. The van der Waals surface area contributed by atoms with Crippen molar-refractivity contribution in [3.8, 4) is 51.0 Å². The van der Waals surface area contributed by atoms with Gasteiger partial charge in [-0.25, -0.2) is 19.9 Å². The van der Waals surface area contributed by atoms with Gasteiger partial charge in [0.25, 0.3) is 0 Å². The van der Waals surface area contributed by atoms with Crippen LogP contribution in [-0.4, -0.2) is 24.5 Å². The van der Waals surface area contributed by atoms with E-state index in [0.717, 1.165) is 67.1 Å². The molecular formula is C47H31N5. The highest BCUT2D eigenvalue weighted by Crippen LogP contribution is 2.61. The first-order valence-corrected chi connectivity index (χ1v) is 17.4. The third kappa shape index (κ3) is 4.17. The van der Waals surface area contributed by atoms with E-state index in [9.17, 15) is 0 Å². The lowest BCUT2D eigenvalue weighted by atomic mass is 9.71. The van der Waals surface area contributed by atoms with E-state index < -0.39 is 5.41 Å². The van der Waals surface area contributed by atoms with Crippen LogP contribution in [0.25, 0.3) is 67.6 Å². The summed E-state index contributed by atoms with van der Waals surface area (Å²) in [6, 6.07) is 52.3. The molecule has 10 rings (SSSR count). The Morgan fingerprint density at radius 1 is 0.500 bits per heavy atom. The van der Waals surface area contributed by atoms with E-state index in [4.69, 9.17) is 19.9 Å². The van der Waals surface area contributed by atoms with E-state index >= 15 is 0 Å². The third-order valence-electron chi connectivity index (χ3n) is 10.4. The molecule has 1 aliphatic heterocycles. The first-order valence-electron chi connectivity index (χ1n) is 17.4. The minimum absolute atomic E-state index is 0.614. The maximum atomic E-state index is 5.36. The Morgan fingerprint density at radius 2 is 1.08 bits per heavy atom. The van der Waals surface area contributed by atoms with E-state index in [-0.39, 0.29) is 0 Å². The summed E-state index contributed by atoms with van der Waals surface area (Å²) in [7, 11) is 0. The molecule has 3 heterocycles. The molecule has 0 fully saturated rings. The highest BCUT2D eigenvalue weighted by Gasteiger charge is 2.54. The van der Waals surface area contributed by atoms with Crippen molar-refractivity contribution in [2.45, 2.75) is 5.41 Å². The van der Waals surface area contributed by atoms with Crippen molar-refractivity contribution in [1.82, 2.24) is 24.5 Å². The van der Waals surface area contributed by atoms with Crippen LogP contribution in [0.1, 0.15) is 22.5 Å². The summed E-state index contributed by atoms with van der Waals surface area (Å²) in [6.07, 6.45) is 3.99. The van der Waals surface area contributed by atoms with Crippen LogP contribution in [0.5, 0.6) is 0 Å². The average Bonchev–Trinajstić information content (AvgIpc) is 3.84. The van der Waals surface area contributed by atoms with Gasteiger partial charge in [-0.15, -0.1) is 0 Å². The molecule has 8 aromatic rings. The molecule has 1 atom stereocenters. The predicted molar refractivity (Wildman–Crippen MR) is 210 cm³/mol. The van der Waals surface area contributed by atoms with Crippen LogP contribution < -0.4 is 0 Å². The zero-order chi connectivity index (χ0) is 34.8. The molecule has 6 aromatic carbocycles. The van der Waals surface area contributed by atoms with Crippen molar-refractivity contribution < 1.29 is 0 Å². The zero-order valence-electron chi connectivity index (χ0n) is 28.2. The molecule has 2 aliphatic rings.